The topological polar surface area (TPSA) is 98.8 Å². The predicted octanol–water partition coefficient (Wildman–Crippen LogP) is 3.63. The number of nitrogens with zero attached hydrogens (tertiary/aromatic N) is 2. The van der Waals surface area contributed by atoms with Crippen LogP contribution in [0, 0.1) is 0 Å². The zero-order valence-corrected chi connectivity index (χ0v) is 19.8. The van der Waals surface area contributed by atoms with Crippen LogP contribution in [0.4, 0.5) is 4.79 Å². The maximum atomic E-state index is 13.6. The van der Waals surface area contributed by atoms with Crippen molar-refractivity contribution in [1.82, 2.24) is 20.6 Å². The molecule has 0 saturated carbocycles. The summed E-state index contributed by atoms with van der Waals surface area (Å²) in [6, 6.07) is 15.2. The van der Waals surface area contributed by atoms with Gasteiger partial charge in [-0.1, -0.05) is 30.3 Å². The third kappa shape index (κ3) is 4.76. The van der Waals surface area contributed by atoms with Crippen molar-refractivity contribution >= 4 is 29.1 Å². The van der Waals surface area contributed by atoms with Crippen LogP contribution < -0.4 is 15.4 Å². The molecular weight excluding hydrogens is 430 g/mol. The lowest BCUT2D eigenvalue weighted by Crippen LogP contribution is -2.60. The molecule has 0 saturated heterocycles. The fraction of sp³-hybridized carbons (Fsp3) is 0.346. The third-order valence-electron chi connectivity index (χ3n) is 6.07. The van der Waals surface area contributed by atoms with Crippen molar-refractivity contribution < 1.29 is 14.3 Å². The van der Waals surface area contributed by atoms with E-state index >= 15 is 0 Å². The van der Waals surface area contributed by atoms with Crippen molar-refractivity contribution in [3.63, 3.8) is 0 Å². The highest BCUT2D eigenvalue weighted by Gasteiger charge is 2.49. The van der Waals surface area contributed by atoms with Gasteiger partial charge in [0.25, 0.3) is 0 Å². The van der Waals surface area contributed by atoms with Gasteiger partial charge in [0.1, 0.15) is 5.75 Å². The molecule has 1 unspecified atom stereocenters. The Labute approximate surface area is 199 Å². The smallest absolute Gasteiger partial charge is 0.339 e. The summed E-state index contributed by atoms with van der Waals surface area (Å²) >= 11 is 0. The summed E-state index contributed by atoms with van der Waals surface area (Å²) in [7, 11) is 1.61. The molecule has 1 aromatic heterocycles. The number of aromatic nitrogens is 1. The molecule has 1 aliphatic heterocycles. The second kappa shape index (κ2) is 9.99. The Hall–Kier alpha value is -3.81. The van der Waals surface area contributed by atoms with Crippen molar-refractivity contribution in [2.45, 2.75) is 44.7 Å². The number of ether oxygens (including phenoxy) is 1. The molecule has 0 fully saturated rings. The highest BCUT2D eigenvalue weighted by molar-refractivity contribution is 5.96. The van der Waals surface area contributed by atoms with E-state index in [-0.39, 0.29) is 18.0 Å². The minimum absolute atomic E-state index is 0.0769. The van der Waals surface area contributed by atoms with Crippen molar-refractivity contribution in [1.29, 1.82) is 0 Å². The van der Waals surface area contributed by atoms with Crippen LogP contribution in [0.2, 0.25) is 0 Å². The lowest BCUT2D eigenvalue weighted by molar-refractivity contribution is -0.131. The summed E-state index contributed by atoms with van der Waals surface area (Å²) < 4.78 is 5.25. The van der Waals surface area contributed by atoms with Gasteiger partial charge in [-0.3, -0.25) is 4.79 Å². The van der Waals surface area contributed by atoms with Crippen molar-refractivity contribution in [3.8, 4) is 5.75 Å². The summed E-state index contributed by atoms with van der Waals surface area (Å²) in [6.07, 6.45) is 4.96. The lowest BCUT2D eigenvalue weighted by Gasteiger charge is -2.35. The van der Waals surface area contributed by atoms with E-state index in [4.69, 9.17) is 4.74 Å². The number of aromatic amines is 1. The molecule has 3 N–H and O–H groups in total. The molecule has 2 heterocycles. The average molecular weight is 462 g/mol. The maximum absolute atomic E-state index is 13.6. The predicted molar refractivity (Wildman–Crippen MR) is 133 cm³/mol. The Morgan fingerprint density at radius 2 is 1.94 bits per heavy atom. The van der Waals surface area contributed by atoms with Crippen LogP contribution in [0.25, 0.3) is 10.9 Å². The summed E-state index contributed by atoms with van der Waals surface area (Å²) in [5.74, 6) is 0.512. The number of carbonyl (C=O) groups excluding carboxylic acids is 2. The standard InChI is InChI=1S/C26H31N5O3/c1-18(2)30-25(33)31-26(13-15-29-31,16-19-8-10-21(34-3)11-9-19)24(32)27-14-12-20-17-28-23-7-5-4-6-22(20)23/h4-11,15,17-18,28H,12-14,16H2,1-3H3,(H,27,32)(H,30,33). The minimum Gasteiger partial charge on any atom is -0.497 e. The van der Waals surface area contributed by atoms with E-state index in [9.17, 15) is 9.59 Å². The SMILES string of the molecule is COc1ccc(CC2(C(=O)NCCc3c[nH]c4ccccc34)CC=NN2C(=O)NC(C)C)cc1. The molecular formula is C26H31N5O3. The molecule has 34 heavy (non-hydrogen) atoms. The average Bonchev–Trinajstić information content (AvgIpc) is 3.44. The van der Waals surface area contributed by atoms with E-state index < -0.39 is 5.54 Å². The number of benzene rings is 2. The van der Waals surface area contributed by atoms with Crippen LogP contribution in [-0.2, 0) is 17.6 Å². The first-order valence-corrected chi connectivity index (χ1v) is 11.5. The Balaban J connectivity index is 1.53. The van der Waals surface area contributed by atoms with Gasteiger partial charge in [0.2, 0.25) is 5.91 Å². The van der Waals surface area contributed by atoms with Gasteiger partial charge in [-0.05, 0) is 49.6 Å². The number of hydrogen-bond acceptors (Lipinski definition) is 4. The third-order valence-corrected chi connectivity index (χ3v) is 6.07. The monoisotopic (exact) mass is 461 g/mol. The van der Waals surface area contributed by atoms with Gasteiger partial charge in [-0.15, -0.1) is 0 Å². The molecule has 0 radical (unpaired) electrons. The zero-order valence-electron chi connectivity index (χ0n) is 19.8. The van der Waals surface area contributed by atoms with E-state index in [0.717, 1.165) is 27.8 Å². The lowest BCUT2D eigenvalue weighted by atomic mass is 9.86. The van der Waals surface area contributed by atoms with Crippen LogP contribution in [0.5, 0.6) is 5.75 Å². The minimum atomic E-state index is -1.15. The molecule has 178 valence electrons. The summed E-state index contributed by atoms with van der Waals surface area (Å²) in [5.41, 5.74) is 1.98. The largest absolute Gasteiger partial charge is 0.497 e. The number of hydrazone groups is 1. The Bertz CT molecular complexity index is 1180. The van der Waals surface area contributed by atoms with Crippen LogP contribution >= 0.6 is 0 Å². The van der Waals surface area contributed by atoms with Gasteiger partial charge < -0.3 is 20.4 Å². The number of urea groups is 1. The van der Waals surface area contributed by atoms with E-state index in [1.165, 1.54) is 5.01 Å². The molecule has 0 bridgehead atoms. The Morgan fingerprint density at radius 1 is 1.18 bits per heavy atom. The normalized spacial score (nSPS) is 17.4. The van der Waals surface area contributed by atoms with Crippen LogP contribution in [-0.4, -0.2) is 53.4 Å². The maximum Gasteiger partial charge on any atom is 0.339 e. The summed E-state index contributed by atoms with van der Waals surface area (Å²) in [4.78, 5) is 29.9. The van der Waals surface area contributed by atoms with E-state index in [2.05, 4.69) is 26.8 Å². The first-order chi connectivity index (χ1) is 16.4. The molecule has 3 aromatic rings. The fourth-order valence-electron chi connectivity index (χ4n) is 4.34. The highest BCUT2D eigenvalue weighted by atomic mass is 16.5. The molecule has 1 aliphatic rings. The number of carbonyl (C=O) groups is 2. The number of fused-ring (bicyclic) bond motifs is 1. The first kappa shape index (κ1) is 23.4. The van der Waals surface area contributed by atoms with Gasteiger partial charge in [0, 0.05) is 48.7 Å². The molecule has 0 spiro atoms. The van der Waals surface area contributed by atoms with Gasteiger partial charge in [-0.25, -0.2) is 4.79 Å². The van der Waals surface area contributed by atoms with E-state index in [1.54, 1.807) is 13.3 Å². The Morgan fingerprint density at radius 3 is 2.68 bits per heavy atom. The number of hydrogen-bond donors (Lipinski definition) is 3. The molecule has 0 aliphatic carbocycles. The molecule has 1 atom stereocenters. The van der Waals surface area contributed by atoms with Crippen LogP contribution in [0.15, 0.2) is 59.8 Å². The molecule has 4 rings (SSSR count). The highest BCUT2D eigenvalue weighted by Crippen LogP contribution is 2.31. The van der Waals surface area contributed by atoms with E-state index in [1.807, 2.05) is 62.5 Å². The number of rotatable bonds is 8. The first-order valence-electron chi connectivity index (χ1n) is 11.5. The van der Waals surface area contributed by atoms with E-state index in [0.29, 0.717) is 25.8 Å². The summed E-state index contributed by atoms with van der Waals surface area (Å²) in [5, 5.41) is 12.7. The number of methoxy groups -OCH3 is 1. The molecule has 8 heteroatoms. The zero-order chi connectivity index (χ0) is 24.1. The number of para-hydroxylation sites is 1. The van der Waals surface area contributed by atoms with Crippen LogP contribution in [0.1, 0.15) is 31.4 Å². The number of nitrogens with one attached hydrogen (secondary N) is 3. The van der Waals surface area contributed by atoms with Gasteiger partial charge in [0.05, 0.1) is 7.11 Å². The quantitative estimate of drug-likeness (QED) is 0.478. The number of H-pyrrole nitrogens is 1. The molecule has 8 nitrogen and oxygen atoms in total. The van der Waals surface area contributed by atoms with Crippen LogP contribution in [0.3, 0.4) is 0 Å². The van der Waals surface area contributed by atoms with Crippen molar-refractivity contribution in [3.05, 3.63) is 65.9 Å². The second-order valence-electron chi connectivity index (χ2n) is 8.84. The van der Waals surface area contributed by atoms with Gasteiger partial charge in [0.15, 0.2) is 5.54 Å². The Kier molecular flexibility index (Phi) is 6.86. The fourth-order valence-corrected chi connectivity index (χ4v) is 4.34. The summed E-state index contributed by atoms with van der Waals surface area (Å²) in [6.45, 7) is 4.21. The number of amides is 3. The molecule has 2 aromatic carbocycles. The van der Waals surface area contributed by atoms with Crippen molar-refractivity contribution in [2.24, 2.45) is 5.10 Å². The van der Waals surface area contributed by atoms with Crippen molar-refractivity contribution in [2.75, 3.05) is 13.7 Å². The van der Waals surface area contributed by atoms with Gasteiger partial charge in [-0.2, -0.15) is 10.1 Å². The molecule has 3 amide bonds. The second-order valence-corrected chi connectivity index (χ2v) is 8.84. The van der Waals surface area contributed by atoms with Gasteiger partial charge >= 0.3 is 6.03 Å².